The van der Waals surface area contributed by atoms with E-state index in [1.807, 2.05) is 18.7 Å². The molecule has 1 amide bonds. The summed E-state index contributed by atoms with van der Waals surface area (Å²) in [5, 5.41) is 12.1. The number of methoxy groups -OCH3 is 2. The molecule has 3 aliphatic heterocycles. The fraction of sp³-hybridized carbons (Fsp3) is 0.538. The summed E-state index contributed by atoms with van der Waals surface area (Å²) in [7, 11) is 2.82. The molecule has 4 fully saturated rings. The third-order valence-electron chi connectivity index (χ3n) is 10.1. The normalized spacial score (nSPS) is 19.6. The molecule has 0 radical (unpaired) electrons. The van der Waals surface area contributed by atoms with E-state index in [0.29, 0.717) is 23.9 Å². The van der Waals surface area contributed by atoms with Crippen LogP contribution in [0.25, 0.3) is 32.1 Å². The first-order valence-electron chi connectivity index (χ1n) is 18.8. The fourth-order valence-electron chi connectivity index (χ4n) is 7.15. The highest BCUT2D eigenvalue weighted by Gasteiger charge is 2.39. The van der Waals surface area contributed by atoms with Crippen LogP contribution in [0.4, 0.5) is 37.2 Å². The standard InChI is InChI=1S/C22H14F5N5OS.C8H15NO2.C7H12FN.C2H6/c1-33-21-31-17-10(20(32-21)30-8-2-3-8)6-12(22(25,26)27)15(16(17)24)9-4-5-13(23)18-14(9)11(7-28)19(29)34-18;1-7(11-2)8(10)9-5-3-4-6-9;8-6-4-7-2-1-3-9(7)5-6;1-2/h4-6,8H,2-3,29H2,1H3,(H,30,31,32);7H,3-6H2,1-2H3;6-7H,1-5H2;1-2H3. The van der Waals surface area contributed by atoms with Crippen LogP contribution in [0, 0.1) is 23.0 Å². The highest BCUT2D eigenvalue weighted by atomic mass is 32.1. The van der Waals surface area contributed by atoms with Gasteiger partial charge in [-0.15, -0.1) is 11.3 Å². The number of nitrogens with zero attached hydrogens (tertiary/aromatic N) is 5. The Balaban J connectivity index is 0.000000220. The number of anilines is 2. The van der Waals surface area contributed by atoms with Crippen LogP contribution in [0.5, 0.6) is 6.01 Å². The number of nitrogen functional groups attached to an aromatic ring is 1. The maximum Gasteiger partial charge on any atom is 0.417 e. The molecule has 8 rings (SSSR count). The number of likely N-dealkylation sites (tertiary alicyclic amines) is 1. The summed E-state index contributed by atoms with van der Waals surface area (Å²) in [5.74, 6) is -1.94. The van der Waals surface area contributed by atoms with Gasteiger partial charge in [0.1, 0.15) is 40.5 Å². The second-order valence-electron chi connectivity index (χ2n) is 13.8. The van der Waals surface area contributed by atoms with E-state index in [1.54, 1.807) is 20.1 Å². The molecular formula is C39H47F6N7O3S. The van der Waals surface area contributed by atoms with Gasteiger partial charge in [0.25, 0.3) is 5.91 Å². The Labute approximate surface area is 326 Å². The number of fused-ring (bicyclic) bond motifs is 3. The predicted octanol–water partition coefficient (Wildman–Crippen LogP) is 8.71. The van der Waals surface area contributed by atoms with Gasteiger partial charge in [0.2, 0.25) is 0 Å². The minimum atomic E-state index is -4.99. The number of hydrogen-bond acceptors (Lipinski definition) is 10. The van der Waals surface area contributed by atoms with Gasteiger partial charge >= 0.3 is 12.2 Å². The van der Waals surface area contributed by atoms with Crippen LogP contribution in [-0.2, 0) is 15.7 Å². The number of nitrogens with two attached hydrogens (primary N) is 1. The average molecular weight is 808 g/mol. The first kappa shape index (κ1) is 42.7. The molecule has 56 heavy (non-hydrogen) atoms. The molecule has 3 saturated heterocycles. The number of aromatic nitrogens is 2. The molecule has 3 unspecified atom stereocenters. The molecule has 0 spiro atoms. The van der Waals surface area contributed by atoms with E-state index in [4.69, 9.17) is 15.2 Å². The van der Waals surface area contributed by atoms with Crippen LogP contribution in [0.1, 0.15) is 76.8 Å². The lowest BCUT2D eigenvalue weighted by Gasteiger charge is -2.18. The van der Waals surface area contributed by atoms with Gasteiger partial charge in [0, 0.05) is 55.2 Å². The highest BCUT2D eigenvalue weighted by molar-refractivity contribution is 7.23. The van der Waals surface area contributed by atoms with Crippen molar-refractivity contribution in [3.63, 3.8) is 0 Å². The molecule has 3 atom stereocenters. The van der Waals surface area contributed by atoms with E-state index in [0.717, 1.165) is 69.9 Å². The van der Waals surface area contributed by atoms with Gasteiger partial charge in [-0.1, -0.05) is 19.9 Å². The SMILES string of the molecule is CC.COC(C)C(=O)N1CCCC1.COc1nc(NC2CC2)c2cc(C(F)(F)F)c(-c3ccc(F)c4sc(N)c(C#N)c34)c(F)c2n1.FC1CC2CCCN2C1. The van der Waals surface area contributed by atoms with Gasteiger partial charge < -0.3 is 25.4 Å². The number of halogens is 6. The van der Waals surface area contributed by atoms with Crippen LogP contribution in [0.2, 0.25) is 0 Å². The van der Waals surface area contributed by atoms with E-state index in [1.165, 1.54) is 20.0 Å². The lowest BCUT2D eigenvalue weighted by atomic mass is 9.92. The number of thiophene rings is 1. The topological polar surface area (TPSA) is 130 Å². The molecule has 2 aromatic carbocycles. The quantitative estimate of drug-likeness (QED) is 0.184. The molecule has 3 N–H and O–H groups in total. The number of rotatable bonds is 6. The summed E-state index contributed by atoms with van der Waals surface area (Å²) in [6, 6.07) is 4.85. The Morgan fingerprint density at radius 1 is 1.09 bits per heavy atom. The zero-order valence-electron chi connectivity index (χ0n) is 32.0. The van der Waals surface area contributed by atoms with E-state index >= 15 is 4.39 Å². The Bertz CT molecular complexity index is 2050. The summed E-state index contributed by atoms with van der Waals surface area (Å²) < 4.78 is 95.6. The number of ether oxygens (including phenoxy) is 2. The van der Waals surface area contributed by atoms with Crippen LogP contribution in [-0.4, -0.2) is 90.4 Å². The van der Waals surface area contributed by atoms with Gasteiger partial charge in [-0.05, 0) is 76.1 Å². The third kappa shape index (κ3) is 9.24. The zero-order chi connectivity index (χ0) is 40.9. The second kappa shape index (κ2) is 18.2. The molecule has 1 aliphatic carbocycles. The number of carbonyl (C=O) groups excluding carboxylic acids is 1. The van der Waals surface area contributed by atoms with Crippen molar-refractivity contribution in [3.8, 4) is 23.2 Å². The number of nitriles is 1. The fourth-order valence-corrected chi connectivity index (χ4v) is 8.10. The van der Waals surface area contributed by atoms with Gasteiger partial charge in [-0.3, -0.25) is 9.69 Å². The molecule has 5 heterocycles. The number of amides is 1. The van der Waals surface area contributed by atoms with E-state index in [-0.39, 0.29) is 61.5 Å². The van der Waals surface area contributed by atoms with Gasteiger partial charge in [-0.25, -0.2) is 13.2 Å². The van der Waals surface area contributed by atoms with Crippen molar-refractivity contribution < 1.29 is 40.6 Å². The number of carbonyl (C=O) groups is 1. The Morgan fingerprint density at radius 3 is 2.38 bits per heavy atom. The summed E-state index contributed by atoms with van der Waals surface area (Å²) in [6.07, 6.45) is 1.43. The number of nitrogens with one attached hydrogen (secondary N) is 1. The smallest absolute Gasteiger partial charge is 0.417 e. The Hall–Kier alpha value is -4.40. The molecule has 17 heteroatoms. The van der Waals surface area contributed by atoms with Crippen LogP contribution in [0.15, 0.2) is 18.2 Å². The summed E-state index contributed by atoms with van der Waals surface area (Å²) >= 11 is 0.705. The second-order valence-corrected chi connectivity index (χ2v) is 14.8. The van der Waals surface area contributed by atoms with Crippen LogP contribution < -0.4 is 15.8 Å². The minimum absolute atomic E-state index is 0.00331. The molecule has 1 saturated carbocycles. The first-order chi connectivity index (χ1) is 26.7. The minimum Gasteiger partial charge on any atom is -0.467 e. The van der Waals surface area contributed by atoms with Crippen molar-refractivity contribution in [1.29, 1.82) is 5.26 Å². The molecule has 304 valence electrons. The highest BCUT2D eigenvalue weighted by Crippen LogP contribution is 2.48. The molecule has 4 aliphatic rings. The molecule has 2 aromatic heterocycles. The van der Waals surface area contributed by atoms with Crippen molar-refractivity contribution in [2.75, 3.05) is 51.4 Å². The molecule has 0 bridgehead atoms. The van der Waals surface area contributed by atoms with Crippen LogP contribution >= 0.6 is 11.3 Å². The monoisotopic (exact) mass is 807 g/mol. The van der Waals surface area contributed by atoms with Gasteiger partial charge in [-0.2, -0.15) is 28.4 Å². The first-order valence-corrected chi connectivity index (χ1v) is 19.6. The third-order valence-corrected chi connectivity index (χ3v) is 11.1. The lowest BCUT2D eigenvalue weighted by molar-refractivity contribution is -0.139. The zero-order valence-corrected chi connectivity index (χ0v) is 32.9. The summed E-state index contributed by atoms with van der Waals surface area (Å²) in [4.78, 5) is 23.6. The molecule has 10 nitrogen and oxygen atoms in total. The van der Waals surface area contributed by atoms with Crippen molar-refractivity contribution >= 4 is 49.1 Å². The van der Waals surface area contributed by atoms with E-state index in [2.05, 4.69) is 20.2 Å². The summed E-state index contributed by atoms with van der Waals surface area (Å²) in [5.41, 5.74) is 2.69. The van der Waals surface area contributed by atoms with E-state index in [9.17, 15) is 32.0 Å². The van der Waals surface area contributed by atoms with Crippen LogP contribution in [0.3, 0.4) is 0 Å². The number of alkyl halides is 4. The molecular weight excluding hydrogens is 761 g/mol. The van der Waals surface area contributed by atoms with E-state index < -0.39 is 40.6 Å². The maximum absolute atomic E-state index is 16.0. The Kier molecular flexibility index (Phi) is 13.9. The predicted molar refractivity (Wildman–Crippen MR) is 205 cm³/mol. The molecule has 4 aromatic rings. The number of benzene rings is 2. The van der Waals surface area contributed by atoms with Crippen molar-refractivity contribution in [1.82, 2.24) is 19.8 Å². The maximum atomic E-state index is 16.0. The number of hydrogen-bond donors (Lipinski definition) is 2. The average Bonchev–Trinajstić information content (AvgIpc) is 3.52. The van der Waals surface area contributed by atoms with Crippen molar-refractivity contribution in [2.45, 2.75) is 96.3 Å². The van der Waals surface area contributed by atoms with Crippen molar-refractivity contribution in [2.24, 2.45) is 0 Å². The van der Waals surface area contributed by atoms with Crippen molar-refractivity contribution in [3.05, 3.63) is 41.0 Å². The van der Waals surface area contributed by atoms with Gasteiger partial charge in [0.05, 0.1) is 22.9 Å². The lowest BCUT2D eigenvalue weighted by Crippen LogP contribution is -2.36. The Morgan fingerprint density at radius 2 is 1.79 bits per heavy atom. The summed E-state index contributed by atoms with van der Waals surface area (Å²) in [6.45, 7) is 9.47. The van der Waals surface area contributed by atoms with Gasteiger partial charge in [0.15, 0.2) is 5.82 Å². The largest absolute Gasteiger partial charge is 0.467 e.